The molecular formula is C24H22O6S2. The van der Waals surface area contributed by atoms with Crippen molar-refractivity contribution in [3.63, 3.8) is 0 Å². The number of ether oxygens (including phenoxy) is 1. The molecule has 0 radical (unpaired) electrons. The molecule has 0 bridgehead atoms. The molecule has 8 heteroatoms. The van der Waals surface area contributed by atoms with Crippen molar-refractivity contribution in [2.75, 3.05) is 18.6 Å². The molecule has 6 nitrogen and oxygen atoms in total. The maximum absolute atomic E-state index is 11.3. The fraction of sp³-hybridized carbons (Fsp3) is 0.125. The Morgan fingerprint density at radius 1 is 0.906 bits per heavy atom. The number of hydrogen-bond acceptors (Lipinski definition) is 6. The minimum atomic E-state index is -3.57. The Bertz CT molecular complexity index is 1170. The average Bonchev–Trinajstić information content (AvgIpc) is 2.76. The van der Waals surface area contributed by atoms with Crippen molar-refractivity contribution in [2.24, 2.45) is 0 Å². The molecule has 0 saturated heterocycles. The Balaban J connectivity index is 1.74. The van der Waals surface area contributed by atoms with Gasteiger partial charge in [0.15, 0.2) is 6.61 Å². The van der Waals surface area contributed by atoms with Crippen molar-refractivity contribution >= 4 is 33.4 Å². The Hall–Kier alpha value is -3.23. The molecular weight excluding hydrogens is 448 g/mol. The van der Waals surface area contributed by atoms with Crippen LogP contribution in [0.2, 0.25) is 0 Å². The molecule has 1 N–H and O–H groups in total. The highest BCUT2D eigenvalue weighted by Crippen LogP contribution is 2.28. The molecule has 0 fully saturated rings. The summed E-state index contributed by atoms with van der Waals surface area (Å²) in [6.45, 7) is -0.371. The molecule has 0 aliphatic rings. The van der Waals surface area contributed by atoms with E-state index in [9.17, 15) is 13.2 Å². The molecule has 0 unspecified atom stereocenters. The summed E-state index contributed by atoms with van der Waals surface area (Å²) >= 11 is 1.63. The molecule has 3 aromatic rings. The fourth-order valence-electron chi connectivity index (χ4n) is 2.88. The van der Waals surface area contributed by atoms with E-state index in [1.807, 2.05) is 54.6 Å². The van der Waals surface area contributed by atoms with Crippen molar-refractivity contribution in [1.29, 1.82) is 0 Å². The molecule has 0 atom stereocenters. The first-order valence-corrected chi connectivity index (χ1v) is 12.4. The van der Waals surface area contributed by atoms with Crippen molar-refractivity contribution in [1.82, 2.24) is 0 Å². The Morgan fingerprint density at radius 3 is 2.09 bits per heavy atom. The summed E-state index contributed by atoms with van der Waals surface area (Å²) in [7, 11) is -3.57. The molecule has 3 aromatic carbocycles. The van der Waals surface area contributed by atoms with Crippen molar-refractivity contribution < 1.29 is 27.2 Å². The second kappa shape index (κ2) is 10.9. The number of carboxylic acid groups (broad SMARTS) is 1. The maximum Gasteiger partial charge on any atom is 0.341 e. The molecule has 0 aliphatic heterocycles. The number of thioether (sulfide) groups is 1. The largest absolute Gasteiger partial charge is 0.482 e. The van der Waals surface area contributed by atoms with Crippen LogP contribution in [0, 0.1) is 0 Å². The molecule has 0 heterocycles. The maximum atomic E-state index is 11.3. The van der Waals surface area contributed by atoms with Crippen LogP contribution >= 0.6 is 11.8 Å². The first-order chi connectivity index (χ1) is 15.3. The zero-order chi connectivity index (χ0) is 23.0. The average molecular weight is 471 g/mol. The van der Waals surface area contributed by atoms with E-state index in [-0.39, 0.29) is 12.4 Å². The van der Waals surface area contributed by atoms with Crippen molar-refractivity contribution in [3.05, 3.63) is 96.1 Å². The lowest BCUT2D eigenvalue weighted by Gasteiger charge is -2.10. The minimum Gasteiger partial charge on any atom is -0.482 e. The molecule has 166 valence electrons. The number of carbonyl (C=O) groups is 1. The third-order valence-electron chi connectivity index (χ3n) is 4.22. The Kier molecular flexibility index (Phi) is 7.97. The number of carboxylic acids is 1. The summed E-state index contributed by atoms with van der Waals surface area (Å²) in [5.41, 5.74) is 3.00. The predicted molar refractivity (Wildman–Crippen MR) is 126 cm³/mol. The summed E-state index contributed by atoms with van der Waals surface area (Å²) in [5.74, 6) is 0.455. The standard InChI is InChI=1S/C24H22O6S2/c1-32(27,28)30-21-9-7-19(8-10-21)23(18-5-3-2-4-6-18)15-16-31-22-13-11-20(12-14-22)29-17-24(25)26/h2-15H,16-17H2,1H3,(H,25,26)/b23-15-. The van der Waals surface area contributed by atoms with Gasteiger partial charge in [0.2, 0.25) is 0 Å². The Morgan fingerprint density at radius 2 is 1.50 bits per heavy atom. The van der Waals surface area contributed by atoms with Gasteiger partial charge in [-0.15, -0.1) is 11.8 Å². The van der Waals surface area contributed by atoms with Crippen LogP contribution in [0.15, 0.2) is 89.8 Å². The lowest BCUT2D eigenvalue weighted by molar-refractivity contribution is -0.139. The molecule has 3 rings (SSSR count). The molecule has 0 amide bonds. The van der Waals surface area contributed by atoms with Gasteiger partial charge in [-0.3, -0.25) is 0 Å². The van der Waals surface area contributed by atoms with Crippen LogP contribution in [0.4, 0.5) is 0 Å². The van der Waals surface area contributed by atoms with Crippen LogP contribution in [0.25, 0.3) is 5.57 Å². The molecule has 0 aromatic heterocycles. The molecule has 32 heavy (non-hydrogen) atoms. The molecule has 0 aliphatic carbocycles. The van der Waals surface area contributed by atoms with Crippen molar-refractivity contribution in [3.8, 4) is 11.5 Å². The molecule has 0 saturated carbocycles. The quantitative estimate of drug-likeness (QED) is 0.339. The number of benzene rings is 3. The first kappa shape index (κ1) is 23.4. The highest BCUT2D eigenvalue weighted by Gasteiger charge is 2.08. The number of rotatable bonds is 10. The van der Waals surface area contributed by atoms with Gasteiger partial charge in [-0.25, -0.2) is 4.79 Å². The van der Waals surface area contributed by atoms with Crippen molar-refractivity contribution in [2.45, 2.75) is 4.90 Å². The van der Waals surface area contributed by atoms with Gasteiger partial charge in [-0.05, 0) is 53.1 Å². The third kappa shape index (κ3) is 7.47. The SMILES string of the molecule is CS(=O)(=O)Oc1ccc(/C(=C\CSc2ccc(OCC(=O)O)cc2)c2ccccc2)cc1. The zero-order valence-electron chi connectivity index (χ0n) is 17.3. The second-order valence-corrected chi connectivity index (χ2v) is 9.43. The number of aliphatic carboxylic acids is 1. The van der Waals surface area contributed by atoms with Crippen LogP contribution in [0.3, 0.4) is 0 Å². The van der Waals surface area contributed by atoms with E-state index in [2.05, 4.69) is 6.08 Å². The van der Waals surface area contributed by atoms with E-state index in [0.29, 0.717) is 11.5 Å². The normalized spacial score (nSPS) is 11.7. The highest BCUT2D eigenvalue weighted by molar-refractivity contribution is 7.99. The lowest BCUT2D eigenvalue weighted by atomic mass is 9.98. The van der Waals surface area contributed by atoms with Gasteiger partial charge in [0.1, 0.15) is 11.5 Å². The van der Waals surface area contributed by atoms with Crippen LogP contribution in [-0.2, 0) is 14.9 Å². The van der Waals surface area contributed by atoms with Crippen LogP contribution in [-0.4, -0.2) is 38.1 Å². The fourth-order valence-corrected chi connectivity index (χ4v) is 4.11. The summed E-state index contributed by atoms with van der Waals surface area (Å²) in [4.78, 5) is 11.6. The Labute approximate surface area is 191 Å². The second-order valence-electron chi connectivity index (χ2n) is 6.76. The van der Waals surface area contributed by atoms with Gasteiger partial charge < -0.3 is 14.0 Å². The predicted octanol–water partition coefficient (Wildman–Crippen LogP) is 4.71. The monoisotopic (exact) mass is 470 g/mol. The zero-order valence-corrected chi connectivity index (χ0v) is 18.9. The van der Waals surface area contributed by atoms with E-state index in [4.69, 9.17) is 14.0 Å². The topological polar surface area (TPSA) is 89.9 Å². The van der Waals surface area contributed by atoms with E-state index in [1.54, 1.807) is 36.0 Å². The summed E-state index contributed by atoms with van der Waals surface area (Å²) in [6.07, 6.45) is 3.12. The summed E-state index contributed by atoms with van der Waals surface area (Å²) < 4.78 is 32.7. The smallest absolute Gasteiger partial charge is 0.341 e. The van der Waals surface area contributed by atoms with E-state index in [1.165, 1.54) is 0 Å². The van der Waals surface area contributed by atoms with E-state index in [0.717, 1.165) is 27.9 Å². The highest BCUT2D eigenvalue weighted by atomic mass is 32.2. The lowest BCUT2D eigenvalue weighted by Crippen LogP contribution is -2.09. The third-order valence-corrected chi connectivity index (χ3v) is 5.66. The minimum absolute atomic E-state index is 0.267. The first-order valence-electron chi connectivity index (χ1n) is 9.63. The van der Waals surface area contributed by atoms with Crippen LogP contribution in [0.5, 0.6) is 11.5 Å². The van der Waals surface area contributed by atoms with Gasteiger partial charge in [0.05, 0.1) is 6.26 Å². The molecule has 0 spiro atoms. The van der Waals surface area contributed by atoms with Gasteiger partial charge in [-0.2, -0.15) is 8.42 Å². The van der Waals surface area contributed by atoms with Crippen LogP contribution in [0.1, 0.15) is 11.1 Å². The van der Waals surface area contributed by atoms with Gasteiger partial charge >= 0.3 is 16.1 Å². The van der Waals surface area contributed by atoms with Gasteiger partial charge in [0, 0.05) is 10.6 Å². The summed E-state index contributed by atoms with van der Waals surface area (Å²) in [6, 6.07) is 24.1. The van der Waals surface area contributed by atoms with Crippen LogP contribution < -0.4 is 8.92 Å². The number of hydrogen-bond donors (Lipinski definition) is 1. The van der Waals surface area contributed by atoms with Gasteiger partial charge in [-0.1, -0.05) is 48.5 Å². The van der Waals surface area contributed by atoms with E-state index >= 15 is 0 Å². The van der Waals surface area contributed by atoms with E-state index < -0.39 is 16.1 Å². The van der Waals surface area contributed by atoms with Gasteiger partial charge in [0.25, 0.3) is 0 Å². The summed E-state index contributed by atoms with van der Waals surface area (Å²) in [5, 5.41) is 8.68.